The Morgan fingerprint density at radius 3 is 2.35 bits per heavy atom. The fourth-order valence-corrected chi connectivity index (χ4v) is 2.86. The molecular weight excluding hydrogens is 354 g/mol. The molecule has 26 heavy (non-hydrogen) atoms. The van der Waals surface area contributed by atoms with Crippen LogP contribution in [-0.4, -0.2) is 33.9 Å². The highest BCUT2D eigenvalue weighted by Crippen LogP contribution is 2.20. The minimum atomic E-state index is -1.05. The maximum absolute atomic E-state index is 12.4. The number of benzene rings is 2. The van der Waals surface area contributed by atoms with Crippen molar-refractivity contribution in [3.8, 4) is 5.75 Å². The first-order valence-corrected chi connectivity index (χ1v) is 8.25. The second-order valence-corrected chi connectivity index (χ2v) is 5.79. The molecule has 0 unspecified atom stereocenters. The molecule has 2 aromatic rings. The summed E-state index contributed by atoms with van der Waals surface area (Å²) < 4.78 is 5.14. The third-order valence-electron chi connectivity index (χ3n) is 3.72. The second-order valence-electron chi connectivity index (χ2n) is 5.41. The normalized spacial score (nSPS) is 15.2. The van der Waals surface area contributed by atoms with E-state index in [9.17, 15) is 14.9 Å². The van der Waals surface area contributed by atoms with Crippen molar-refractivity contribution in [2.45, 2.75) is 0 Å². The number of nitro groups is 1. The molecule has 1 aliphatic rings. The van der Waals surface area contributed by atoms with Gasteiger partial charge in [0.2, 0.25) is 0 Å². The molecule has 0 atom stereocenters. The van der Waals surface area contributed by atoms with Gasteiger partial charge in [0.05, 0.1) is 4.92 Å². The predicted octanol–water partition coefficient (Wildman–Crippen LogP) is 2.32. The van der Waals surface area contributed by atoms with Crippen LogP contribution in [-0.2, 0) is 4.79 Å². The van der Waals surface area contributed by atoms with E-state index < -0.39 is 16.6 Å². The highest BCUT2D eigenvalue weighted by atomic mass is 32.1. The van der Waals surface area contributed by atoms with Gasteiger partial charge in [-0.15, -0.1) is 0 Å². The monoisotopic (exact) mass is 369 g/mol. The molecule has 0 saturated carbocycles. The van der Waals surface area contributed by atoms with Gasteiger partial charge in [-0.2, -0.15) is 0 Å². The van der Waals surface area contributed by atoms with E-state index >= 15 is 0 Å². The molecular formula is C18H15N3O4S. The molecule has 0 aliphatic carbocycles. The fourth-order valence-electron chi connectivity index (χ4n) is 2.55. The lowest BCUT2D eigenvalue weighted by molar-refractivity contribution is -0.422. The van der Waals surface area contributed by atoms with Gasteiger partial charge in [-0.25, -0.2) is 4.79 Å². The quantitative estimate of drug-likeness (QED) is 0.221. The van der Waals surface area contributed by atoms with Crippen LogP contribution in [0.15, 0.2) is 72.2 Å². The average molecular weight is 369 g/mol. The third kappa shape index (κ3) is 3.70. The lowest BCUT2D eigenvalue weighted by atomic mass is 10.2. The number of thiocarbonyl (C=S) groups is 1. The van der Waals surface area contributed by atoms with E-state index in [1.165, 1.54) is 0 Å². The van der Waals surface area contributed by atoms with Gasteiger partial charge in [0.25, 0.3) is 0 Å². The summed E-state index contributed by atoms with van der Waals surface area (Å²) in [6.07, 6.45) is 0. The van der Waals surface area contributed by atoms with Crippen LogP contribution in [0.25, 0.3) is 0 Å². The van der Waals surface area contributed by atoms with Gasteiger partial charge in [-0.1, -0.05) is 60.7 Å². The molecule has 1 heterocycles. The summed E-state index contributed by atoms with van der Waals surface area (Å²) in [5.41, 5.74) is 0.0625. The van der Waals surface area contributed by atoms with Crippen molar-refractivity contribution in [1.29, 1.82) is 0 Å². The number of rotatable bonds is 4. The first-order valence-electron chi connectivity index (χ1n) is 7.84. The maximum atomic E-state index is 12.4. The molecule has 0 aromatic heterocycles. The van der Waals surface area contributed by atoms with E-state index in [1.807, 2.05) is 30.3 Å². The number of hydrogen-bond acceptors (Lipinski definition) is 6. The zero-order valence-corrected chi connectivity index (χ0v) is 14.4. The Morgan fingerprint density at radius 1 is 1.12 bits per heavy atom. The highest BCUT2D eigenvalue weighted by molar-refractivity contribution is 7.80. The lowest BCUT2D eigenvalue weighted by Gasteiger charge is -2.19. The smallest absolute Gasteiger partial charge is 0.418 e. The second kappa shape index (κ2) is 7.75. The minimum Gasteiger partial charge on any atom is -0.418 e. The fraction of sp³-hybridized carbons (Fsp3) is 0.111. The Labute approximate surface area is 155 Å². The van der Waals surface area contributed by atoms with Crippen LogP contribution < -0.4 is 10.1 Å². The van der Waals surface area contributed by atoms with Crippen LogP contribution in [0.5, 0.6) is 5.75 Å². The Kier molecular flexibility index (Phi) is 5.23. The first kappa shape index (κ1) is 17.6. The summed E-state index contributed by atoms with van der Waals surface area (Å²) in [5, 5.41) is 14.4. The molecule has 1 N–H and O–H groups in total. The number of nitrogens with one attached hydrogen (secondary N) is 1. The van der Waals surface area contributed by atoms with Crippen molar-refractivity contribution in [1.82, 2.24) is 10.2 Å². The summed E-state index contributed by atoms with van der Waals surface area (Å²) in [6.45, 7) is 0.845. The number of hydrogen-bond donors (Lipinski definition) is 1. The topological polar surface area (TPSA) is 84.7 Å². The number of nitrogens with zero attached hydrogens (tertiary/aromatic N) is 2. The molecule has 8 heteroatoms. The van der Waals surface area contributed by atoms with Gasteiger partial charge < -0.3 is 15.0 Å². The molecule has 7 nitrogen and oxygen atoms in total. The van der Waals surface area contributed by atoms with Crippen LogP contribution >= 0.6 is 12.2 Å². The van der Waals surface area contributed by atoms with Gasteiger partial charge in [-0.05, 0) is 12.1 Å². The SMILES string of the molecule is O=C(Oc1ccccc1)C(=C1NCCN1C(=S)c1ccccc1)[N+](=O)[O-]. The molecule has 1 saturated heterocycles. The predicted molar refractivity (Wildman–Crippen MR) is 98.9 cm³/mol. The van der Waals surface area contributed by atoms with Crippen LogP contribution in [0.1, 0.15) is 5.56 Å². The number of carbonyl (C=O) groups excluding carboxylic acids is 1. The summed E-state index contributed by atoms with van der Waals surface area (Å²) in [5.74, 6) is -0.774. The van der Waals surface area contributed by atoms with E-state index in [0.29, 0.717) is 18.1 Å². The van der Waals surface area contributed by atoms with Crippen molar-refractivity contribution in [2.75, 3.05) is 13.1 Å². The molecule has 2 aromatic carbocycles. The Balaban J connectivity index is 1.93. The van der Waals surface area contributed by atoms with Crippen LogP contribution in [0, 0.1) is 10.1 Å². The Bertz CT molecular complexity index is 869. The molecule has 1 aliphatic heterocycles. The summed E-state index contributed by atoms with van der Waals surface area (Å²) in [7, 11) is 0. The van der Waals surface area contributed by atoms with E-state index in [4.69, 9.17) is 17.0 Å². The van der Waals surface area contributed by atoms with E-state index in [2.05, 4.69) is 5.32 Å². The molecule has 132 valence electrons. The standard InChI is InChI=1S/C18H15N3O4S/c22-18(25-14-9-5-2-6-10-14)15(21(23)24)16-19-11-12-20(16)17(26)13-7-3-1-4-8-13/h1-10,19H,11-12H2. The number of ether oxygens (including phenoxy) is 1. The average Bonchev–Trinajstić information content (AvgIpc) is 3.11. The van der Waals surface area contributed by atoms with Crippen molar-refractivity contribution in [3.05, 3.63) is 87.9 Å². The van der Waals surface area contributed by atoms with E-state index in [-0.39, 0.29) is 11.6 Å². The van der Waals surface area contributed by atoms with Gasteiger partial charge in [0.1, 0.15) is 10.7 Å². The largest absolute Gasteiger partial charge is 0.419 e. The Hall–Kier alpha value is -3.26. The molecule has 0 radical (unpaired) electrons. The zero-order valence-electron chi connectivity index (χ0n) is 13.6. The van der Waals surface area contributed by atoms with E-state index in [1.54, 1.807) is 35.2 Å². The van der Waals surface area contributed by atoms with Gasteiger partial charge in [0, 0.05) is 18.7 Å². The summed E-state index contributed by atoms with van der Waals surface area (Å²) >= 11 is 5.46. The summed E-state index contributed by atoms with van der Waals surface area (Å²) in [4.78, 5) is 25.2. The van der Waals surface area contributed by atoms with Crippen LogP contribution in [0.2, 0.25) is 0 Å². The van der Waals surface area contributed by atoms with Crippen molar-refractivity contribution in [3.63, 3.8) is 0 Å². The van der Waals surface area contributed by atoms with Crippen molar-refractivity contribution in [2.24, 2.45) is 0 Å². The molecule has 0 bridgehead atoms. The van der Waals surface area contributed by atoms with Crippen molar-refractivity contribution >= 4 is 23.2 Å². The minimum absolute atomic E-state index is 0.0461. The Morgan fingerprint density at radius 2 is 1.73 bits per heavy atom. The molecule has 0 amide bonds. The number of esters is 1. The third-order valence-corrected chi connectivity index (χ3v) is 4.17. The number of carbonyl (C=O) groups is 1. The lowest BCUT2D eigenvalue weighted by Crippen LogP contribution is -2.32. The molecule has 3 rings (SSSR count). The number of para-hydroxylation sites is 1. The summed E-state index contributed by atoms with van der Waals surface area (Å²) in [6, 6.07) is 17.3. The highest BCUT2D eigenvalue weighted by Gasteiger charge is 2.37. The van der Waals surface area contributed by atoms with E-state index in [0.717, 1.165) is 5.56 Å². The van der Waals surface area contributed by atoms with Gasteiger partial charge >= 0.3 is 11.7 Å². The van der Waals surface area contributed by atoms with Gasteiger partial charge in [0.15, 0.2) is 5.82 Å². The maximum Gasteiger partial charge on any atom is 0.419 e. The molecule has 0 spiro atoms. The first-order chi connectivity index (χ1) is 12.6. The van der Waals surface area contributed by atoms with Crippen molar-refractivity contribution < 1.29 is 14.5 Å². The zero-order chi connectivity index (χ0) is 18.5. The molecule has 1 fully saturated rings. The van der Waals surface area contributed by atoms with Crippen LogP contribution in [0.4, 0.5) is 0 Å². The van der Waals surface area contributed by atoms with Crippen LogP contribution in [0.3, 0.4) is 0 Å². The van der Waals surface area contributed by atoms with Gasteiger partial charge in [-0.3, -0.25) is 10.1 Å².